The summed E-state index contributed by atoms with van der Waals surface area (Å²) in [5, 5.41) is 3.52. The first kappa shape index (κ1) is 15.5. The summed E-state index contributed by atoms with van der Waals surface area (Å²) in [4.78, 5) is 11.6. The number of benzene rings is 1. The summed E-state index contributed by atoms with van der Waals surface area (Å²) in [6.45, 7) is 7.28. The molecule has 2 nitrogen and oxygen atoms in total. The van der Waals surface area contributed by atoms with Gasteiger partial charge in [0.1, 0.15) is 0 Å². The maximum atomic E-state index is 12.7. The maximum absolute atomic E-state index is 12.7. The summed E-state index contributed by atoms with van der Waals surface area (Å²) >= 11 is 0. The van der Waals surface area contributed by atoms with E-state index < -0.39 is 12.0 Å². The lowest BCUT2D eigenvalue weighted by atomic mass is 9.51. The molecule has 22 heavy (non-hydrogen) atoms. The van der Waals surface area contributed by atoms with Gasteiger partial charge in [0, 0.05) is 17.0 Å². The van der Waals surface area contributed by atoms with Crippen LogP contribution in [0, 0.1) is 5.41 Å². The van der Waals surface area contributed by atoms with Gasteiger partial charge in [0.05, 0.1) is 0 Å². The summed E-state index contributed by atoms with van der Waals surface area (Å²) in [7, 11) is 0. The van der Waals surface area contributed by atoms with Gasteiger partial charge in [-0.1, -0.05) is 32.9 Å². The van der Waals surface area contributed by atoms with E-state index in [1.165, 1.54) is 12.1 Å². The standard InChI is InChI=1S/C17H20F3NO/c1-15(2)13-9-10-4-5-11(14(22)17(18,19)20)8-12(10)16(15,3)6-7-21-13/h4-5,8,13,21H,6-7,9H2,1-3H3/t13-,16+/m1/s1. The molecule has 120 valence electrons. The molecule has 0 saturated carbocycles. The molecule has 2 bridgehead atoms. The molecule has 0 aromatic heterocycles. The van der Waals surface area contributed by atoms with Crippen LogP contribution in [0.25, 0.3) is 0 Å². The molecule has 0 radical (unpaired) electrons. The van der Waals surface area contributed by atoms with Crippen molar-refractivity contribution in [1.29, 1.82) is 0 Å². The van der Waals surface area contributed by atoms with Crippen LogP contribution in [0.5, 0.6) is 0 Å². The van der Waals surface area contributed by atoms with Crippen LogP contribution in [0.2, 0.25) is 0 Å². The predicted octanol–water partition coefficient (Wildman–Crippen LogP) is 3.63. The molecule has 1 aromatic rings. The van der Waals surface area contributed by atoms with E-state index in [0.29, 0.717) is 6.04 Å². The van der Waals surface area contributed by atoms with Gasteiger partial charge in [-0.3, -0.25) is 4.79 Å². The Balaban J connectivity index is 2.13. The molecule has 1 saturated heterocycles. The van der Waals surface area contributed by atoms with Crippen molar-refractivity contribution in [3.05, 3.63) is 34.9 Å². The fourth-order valence-corrected chi connectivity index (χ4v) is 4.06. The largest absolute Gasteiger partial charge is 0.454 e. The number of halogens is 3. The lowest BCUT2D eigenvalue weighted by Crippen LogP contribution is -2.62. The van der Waals surface area contributed by atoms with E-state index in [9.17, 15) is 18.0 Å². The molecular weight excluding hydrogens is 291 g/mol. The summed E-state index contributed by atoms with van der Waals surface area (Å²) < 4.78 is 38.1. The number of rotatable bonds is 1. The van der Waals surface area contributed by atoms with Crippen LogP contribution in [0.3, 0.4) is 0 Å². The minimum atomic E-state index is -4.82. The van der Waals surface area contributed by atoms with E-state index in [0.717, 1.165) is 30.5 Å². The molecule has 2 atom stereocenters. The topological polar surface area (TPSA) is 29.1 Å². The third kappa shape index (κ3) is 2.02. The van der Waals surface area contributed by atoms with E-state index >= 15 is 0 Å². The molecule has 0 unspecified atom stereocenters. The Morgan fingerprint density at radius 1 is 1.27 bits per heavy atom. The fourth-order valence-electron chi connectivity index (χ4n) is 4.06. The summed E-state index contributed by atoms with van der Waals surface area (Å²) in [5.74, 6) is -1.76. The summed E-state index contributed by atoms with van der Waals surface area (Å²) in [5.41, 5.74) is 1.42. The van der Waals surface area contributed by atoms with E-state index in [2.05, 4.69) is 26.1 Å². The van der Waals surface area contributed by atoms with Crippen molar-refractivity contribution in [3.63, 3.8) is 0 Å². The van der Waals surface area contributed by atoms with Crippen LogP contribution >= 0.6 is 0 Å². The van der Waals surface area contributed by atoms with Gasteiger partial charge in [-0.25, -0.2) is 0 Å². The van der Waals surface area contributed by atoms with Gasteiger partial charge in [-0.05, 0) is 42.0 Å². The second kappa shape index (κ2) is 4.57. The lowest BCUT2D eigenvalue weighted by Gasteiger charge is -2.57. The number of ketones is 1. The zero-order valence-electron chi connectivity index (χ0n) is 13.0. The molecule has 1 fully saturated rings. The normalized spacial score (nSPS) is 29.8. The van der Waals surface area contributed by atoms with Crippen LogP contribution in [0.4, 0.5) is 13.2 Å². The van der Waals surface area contributed by atoms with Gasteiger partial charge in [0.15, 0.2) is 0 Å². The highest BCUT2D eigenvalue weighted by Gasteiger charge is 2.53. The number of carbonyl (C=O) groups excluding carboxylic acids is 1. The van der Waals surface area contributed by atoms with E-state index in [-0.39, 0.29) is 16.4 Å². The zero-order chi connectivity index (χ0) is 16.3. The lowest BCUT2D eigenvalue weighted by molar-refractivity contribution is -0.0885. The van der Waals surface area contributed by atoms with Gasteiger partial charge in [0.2, 0.25) is 0 Å². The Morgan fingerprint density at radius 3 is 2.59 bits per heavy atom. The Morgan fingerprint density at radius 2 is 1.95 bits per heavy atom. The van der Waals surface area contributed by atoms with Crippen molar-refractivity contribution in [2.75, 3.05) is 6.54 Å². The molecule has 2 aliphatic rings. The smallest absolute Gasteiger partial charge is 0.313 e. The molecule has 1 aliphatic carbocycles. The zero-order valence-corrected chi connectivity index (χ0v) is 13.0. The third-order valence-electron chi connectivity index (χ3n) is 5.96. The first-order valence-electron chi connectivity index (χ1n) is 7.56. The van der Waals surface area contributed by atoms with Gasteiger partial charge in [-0.15, -0.1) is 0 Å². The molecule has 0 spiro atoms. The van der Waals surface area contributed by atoms with Crippen molar-refractivity contribution in [2.45, 2.75) is 51.2 Å². The van der Waals surface area contributed by atoms with Crippen molar-refractivity contribution >= 4 is 5.78 Å². The number of alkyl halides is 3. The first-order valence-corrected chi connectivity index (χ1v) is 7.56. The number of hydrogen-bond acceptors (Lipinski definition) is 2. The van der Waals surface area contributed by atoms with Gasteiger partial charge in [-0.2, -0.15) is 13.2 Å². The highest BCUT2D eigenvalue weighted by Crippen LogP contribution is 2.53. The Kier molecular flexibility index (Phi) is 3.23. The van der Waals surface area contributed by atoms with Gasteiger partial charge >= 0.3 is 6.18 Å². The predicted molar refractivity (Wildman–Crippen MR) is 78.1 cm³/mol. The fraction of sp³-hybridized carbons (Fsp3) is 0.588. The number of nitrogens with one attached hydrogen (secondary N) is 1. The average molecular weight is 311 g/mol. The second-order valence-electron chi connectivity index (χ2n) is 7.21. The van der Waals surface area contributed by atoms with Crippen molar-refractivity contribution in [1.82, 2.24) is 5.32 Å². The molecule has 1 N–H and O–H groups in total. The van der Waals surface area contributed by atoms with E-state index in [1.807, 2.05) is 0 Å². The number of fused-ring (bicyclic) bond motifs is 4. The van der Waals surface area contributed by atoms with Crippen LogP contribution in [0.15, 0.2) is 18.2 Å². The Hall–Kier alpha value is -1.36. The number of hydrogen-bond donors (Lipinski definition) is 1. The number of Topliss-reactive ketones (excluding diaryl/α,β-unsaturated/α-hetero) is 1. The third-order valence-corrected chi connectivity index (χ3v) is 5.96. The number of piperidine rings is 1. The minimum absolute atomic E-state index is 0.0713. The molecule has 1 aromatic carbocycles. The molecule has 1 aliphatic heterocycles. The van der Waals surface area contributed by atoms with Gasteiger partial charge in [0.25, 0.3) is 5.78 Å². The summed E-state index contributed by atoms with van der Waals surface area (Å²) in [6.07, 6.45) is -3.18. The van der Waals surface area contributed by atoms with Crippen molar-refractivity contribution in [2.24, 2.45) is 5.41 Å². The van der Waals surface area contributed by atoms with Crippen LogP contribution in [0.1, 0.15) is 48.7 Å². The molecule has 3 rings (SSSR count). The molecule has 0 amide bonds. The average Bonchev–Trinajstić information content (AvgIpc) is 2.40. The maximum Gasteiger partial charge on any atom is 0.454 e. The monoisotopic (exact) mass is 311 g/mol. The van der Waals surface area contributed by atoms with Crippen LogP contribution in [-0.2, 0) is 11.8 Å². The highest BCUT2D eigenvalue weighted by atomic mass is 19.4. The Labute approximate surface area is 128 Å². The first-order chi connectivity index (χ1) is 10.1. The molecule has 1 heterocycles. The SMILES string of the molecule is CC1(C)[C@H]2Cc3ccc(C(=O)C(F)(F)F)cc3[C@]1(C)CCN2. The highest BCUT2D eigenvalue weighted by molar-refractivity contribution is 6.00. The number of carbonyl (C=O) groups is 1. The Bertz CT molecular complexity index is 635. The van der Waals surface area contributed by atoms with Crippen molar-refractivity contribution in [3.8, 4) is 0 Å². The molecular formula is C17H20F3NO. The second-order valence-corrected chi connectivity index (χ2v) is 7.21. The molecule has 5 heteroatoms. The van der Waals surface area contributed by atoms with Gasteiger partial charge < -0.3 is 5.32 Å². The van der Waals surface area contributed by atoms with E-state index in [4.69, 9.17) is 0 Å². The van der Waals surface area contributed by atoms with Crippen LogP contribution in [-0.4, -0.2) is 24.5 Å². The van der Waals surface area contributed by atoms with Crippen molar-refractivity contribution < 1.29 is 18.0 Å². The quantitative estimate of drug-likeness (QED) is 0.802. The van der Waals surface area contributed by atoms with Crippen LogP contribution < -0.4 is 5.32 Å². The summed E-state index contributed by atoms with van der Waals surface area (Å²) in [6, 6.07) is 4.80. The minimum Gasteiger partial charge on any atom is -0.313 e. The van der Waals surface area contributed by atoms with E-state index in [1.54, 1.807) is 6.07 Å².